The van der Waals surface area contributed by atoms with Gasteiger partial charge in [0.05, 0.1) is 12.0 Å². The van der Waals surface area contributed by atoms with Crippen molar-refractivity contribution in [2.45, 2.75) is 17.7 Å². The summed E-state index contributed by atoms with van der Waals surface area (Å²) in [5.74, 6) is -2.42. The third-order valence-electron chi connectivity index (χ3n) is 4.73. The largest absolute Gasteiger partial charge is 0.497 e. The highest BCUT2D eigenvalue weighted by atomic mass is 32.2. The van der Waals surface area contributed by atoms with E-state index in [4.69, 9.17) is 4.74 Å². The van der Waals surface area contributed by atoms with Gasteiger partial charge in [0, 0.05) is 23.2 Å². The molecule has 0 radical (unpaired) electrons. The number of hydrogen-bond donors (Lipinski definition) is 3. The van der Waals surface area contributed by atoms with Gasteiger partial charge in [-0.25, -0.2) is 17.2 Å². The molecule has 3 aromatic carbocycles. The average Bonchev–Trinajstić information content (AvgIpc) is 2.82. The molecule has 0 saturated heterocycles. The first-order chi connectivity index (χ1) is 16.2. The lowest BCUT2D eigenvalue weighted by Gasteiger charge is -2.11. The van der Waals surface area contributed by atoms with Crippen LogP contribution in [0.3, 0.4) is 0 Å². The number of hydrogen-bond acceptors (Lipinski definition) is 5. The number of rotatable bonds is 8. The molecule has 0 atom stereocenters. The number of hydrazine groups is 1. The topological polar surface area (TPSA) is 114 Å². The van der Waals surface area contributed by atoms with Crippen LogP contribution in [0.15, 0.2) is 71.6 Å². The van der Waals surface area contributed by atoms with Crippen LogP contribution in [0.5, 0.6) is 5.75 Å². The second kappa shape index (κ2) is 10.8. The SMILES string of the molecule is COc1ccc(NS(=O)(=O)c2cccc(C(=O)NNC(=O)CCc3c(F)cccc3F)c2)cc1. The van der Waals surface area contributed by atoms with Crippen molar-refractivity contribution in [2.75, 3.05) is 11.8 Å². The van der Waals surface area contributed by atoms with Gasteiger partial charge >= 0.3 is 0 Å². The summed E-state index contributed by atoms with van der Waals surface area (Å²) in [6, 6.07) is 14.8. The van der Waals surface area contributed by atoms with Gasteiger partial charge < -0.3 is 4.74 Å². The molecule has 0 aliphatic carbocycles. The summed E-state index contributed by atoms with van der Waals surface area (Å²) in [7, 11) is -2.51. The first-order valence-electron chi connectivity index (χ1n) is 9.98. The maximum atomic E-state index is 13.6. The van der Waals surface area contributed by atoms with Gasteiger partial charge in [-0.15, -0.1) is 0 Å². The number of amides is 2. The van der Waals surface area contributed by atoms with Crippen molar-refractivity contribution in [2.24, 2.45) is 0 Å². The first-order valence-corrected chi connectivity index (χ1v) is 11.5. The smallest absolute Gasteiger partial charge is 0.269 e. The lowest BCUT2D eigenvalue weighted by molar-refractivity contribution is -0.121. The highest BCUT2D eigenvalue weighted by Crippen LogP contribution is 2.20. The molecular formula is C23H21F2N3O5S. The van der Waals surface area contributed by atoms with Gasteiger partial charge in [-0.3, -0.25) is 25.2 Å². The van der Waals surface area contributed by atoms with Gasteiger partial charge in [0.15, 0.2) is 0 Å². The van der Waals surface area contributed by atoms with Crippen molar-refractivity contribution in [1.82, 2.24) is 10.9 Å². The van der Waals surface area contributed by atoms with Crippen LogP contribution in [0.4, 0.5) is 14.5 Å². The van der Waals surface area contributed by atoms with Crippen molar-refractivity contribution in [3.63, 3.8) is 0 Å². The fraction of sp³-hybridized carbons (Fsp3) is 0.130. The van der Waals surface area contributed by atoms with Crippen LogP contribution in [-0.2, 0) is 21.2 Å². The summed E-state index contributed by atoms with van der Waals surface area (Å²) < 4.78 is 60.0. The van der Waals surface area contributed by atoms with Gasteiger partial charge in [-0.2, -0.15) is 0 Å². The monoisotopic (exact) mass is 489 g/mol. The van der Waals surface area contributed by atoms with Gasteiger partial charge in [0.1, 0.15) is 17.4 Å². The molecule has 0 unspecified atom stereocenters. The summed E-state index contributed by atoms with van der Waals surface area (Å²) in [6.07, 6.45) is -0.483. The van der Waals surface area contributed by atoms with E-state index < -0.39 is 33.5 Å². The zero-order valence-corrected chi connectivity index (χ0v) is 18.8. The Hall–Kier alpha value is -3.99. The second-order valence-electron chi connectivity index (χ2n) is 7.06. The van der Waals surface area contributed by atoms with Crippen LogP contribution in [0.25, 0.3) is 0 Å². The normalized spacial score (nSPS) is 10.9. The lowest BCUT2D eigenvalue weighted by Crippen LogP contribution is -2.41. The van der Waals surface area contributed by atoms with Crippen LogP contribution in [0.2, 0.25) is 0 Å². The zero-order chi connectivity index (χ0) is 24.7. The molecule has 0 fully saturated rings. The predicted octanol–water partition coefficient (Wildman–Crippen LogP) is 3.17. The Morgan fingerprint density at radius 3 is 2.21 bits per heavy atom. The Morgan fingerprint density at radius 2 is 1.56 bits per heavy atom. The summed E-state index contributed by atoms with van der Waals surface area (Å²) in [4.78, 5) is 24.2. The molecule has 3 aromatic rings. The van der Waals surface area contributed by atoms with E-state index in [0.29, 0.717) is 11.4 Å². The third-order valence-corrected chi connectivity index (χ3v) is 6.11. The fourth-order valence-corrected chi connectivity index (χ4v) is 4.05. The Kier molecular flexibility index (Phi) is 7.79. The molecule has 3 N–H and O–H groups in total. The Balaban J connectivity index is 1.59. The molecule has 3 rings (SSSR count). The number of carbonyl (C=O) groups is 2. The van der Waals surface area contributed by atoms with E-state index in [1.807, 2.05) is 0 Å². The van der Waals surface area contributed by atoms with E-state index in [1.165, 1.54) is 43.5 Å². The van der Waals surface area contributed by atoms with Crippen LogP contribution >= 0.6 is 0 Å². The second-order valence-corrected chi connectivity index (χ2v) is 8.75. The molecule has 2 amide bonds. The minimum Gasteiger partial charge on any atom is -0.497 e. The average molecular weight is 490 g/mol. The molecule has 0 heterocycles. The Labute approximate surface area is 195 Å². The minimum absolute atomic E-state index is 0.0296. The van der Waals surface area contributed by atoms with Crippen molar-refractivity contribution in [3.8, 4) is 5.75 Å². The van der Waals surface area contributed by atoms with Crippen LogP contribution in [0.1, 0.15) is 22.3 Å². The number of carbonyl (C=O) groups excluding carboxylic acids is 2. The number of sulfonamides is 1. The molecular weight excluding hydrogens is 468 g/mol. The molecule has 0 aromatic heterocycles. The van der Waals surface area contributed by atoms with Crippen molar-refractivity contribution >= 4 is 27.5 Å². The molecule has 0 bridgehead atoms. The maximum absolute atomic E-state index is 13.6. The molecule has 11 heteroatoms. The molecule has 178 valence electrons. The summed E-state index contributed by atoms with van der Waals surface area (Å²) in [5, 5.41) is 0. The Morgan fingerprint density at radius 1 is 0.912 bits per heavy atom. The molecule has 34 heavy (non-hydrogen) atoms. The van der Waals surface area contributed by atoms with Gasteiger partial charge in [0.2, 0.25) is 5.91 Å². The van der Waals surface area contributed by atoms with Crippen molar-refractivity contribution < 1.29 is 31.5 Å². The van der Waals surface area contributed by atoms with Crippen LogP contribution < -0.4 is 20.3 Å². The summed E-state index contributed by atoms with van der Waals surface area (Å²) >= 11 is 0. The minimum atomic E-state index is -4.00. The number of halogens is 2. The van der Waals surface area contributed by atoms with Gasteiger partial charge in [-0.1, -0.05) is 12.1 Å². The molecule has 0 saturated carbocycles. The highest BCUT2D eigenvalue weighted by Gasteiger charge is 2.17. The summed E-state index contributed by atoms with van der Waals surface area (Å²) in [5.41, 5.74) is 4.33. The van der Waals surface area contributed by atoms with Crippen molar-refractivity contribution in [3.05, 3.63) is 89.5 Å². The van der Waals surface area contributed by atoms with Crippen LogP contribution in [0, 0.1) is 11.6 Å². The Bertz CT molecular complexity index is 1280. The molecule has 8 nitrogen and oxygen atoms in total. The van der Waals surface area contributed by atoms with E-state index in [9.17, 15) is 26.8 Å². The lowest BCUT2D eigenvalue weighted by atomic mass is 10.1. The number of nitrogens with one attached hydrogen (secondary N) is 3. The number of anilines is 1. The maximum Gasteiger partial charge on any atom is 0.269 e. The third kappa shape index (κ3) is 6.29. The molecule has 0 aliphatic heterocycles. The van der Waals surface area contributed by atoms with E-state index in [0.717, 1.165) is 18.2 Å². The zero-order valence-electron chi connectivity index (χ0n) is 18.0. The molecule has 0 spiro atoms. The van der Waals surface area contributed by atoms with Gasteiger partial charge in [-0.05, 0) is 61.0 Å². The highest BCUT2D eigenvalue weighted by molar-refractivity contribution is 7.92. The van der Waals surface area contributed by atoms with Crippen molar-refractivity contribution in [1.29, 1.82) is 0 Å². The van der Waals surface area contributed by atoms with E-state index in [-0.39, 0.29) is 28.9 Å². The van der Waals surface area contributed by atoms with E-state index >= 15 is 0 Å². The van der Waals surface area contributed by atoms with E-state index in [1.54, 1.807) is 12.1 Å². The molecule has 0 aliphatic rings. The van der Waals surface area contributed by atoms with Gasteiger partial charge in [0.25, 0.3) is 15.9 Å². The number of methoxy groups -OCH3 is 1. The number of ether oxygens (including phenoxy) is 1. The standard InChI is InChI=1S/C23H21F2N3O5S/c1-33-17-10-8-16(9-11-17)28-34(31,32)18-5-2-4-15(14-18)23(30)27-26-22(29)13-12-19-20(24)6-3-7-21(19)25/h2-11,14,28H,12-13H2,1H3,(H,26,29)(H,27,30). The first kappa shape index (κ1) is 24.6. The quantitative estimate of drug-likeness (QED) is 0.421. The van der Waals surface area contributed by atoms with Crippen LogP contribution in [-0.4, -0.2) is 27.3 Å². The predicted molar refractivity (Wildman–Crippen MR) is 121 cm³/mol. The summed E-state index contributed by atoms with van der Waals surface area (Å²) in [6.45, 7) is 0. The fourth-order valence-electron chi connectivity index (χ4n) is 2.95. The van der Waals surface area contributed by atoms with E-state index in [2.05, 4.69) is 15.6 Å². The number of benzene rings is 3.